The molecule has 0 heterocycles. The summed E-state index contributed by atoms with van der Waals surface area (Å²) in [6.45, 7) is 4.55. The minimum absolute atomic E-state index is 0.0733. The minimum Gasteiger partial charge on any atom is -0.462 e. The van der Waals surface area contributed by atoms with E-state index in [0.29, 0.717) is 25.7 Å². The first-order valence-electron chi connectivity index (χ1n) is 38.8. The van der Waals surface area contributed by atoms with Gasteiger partial charge in [0.15, 0.2) is 12.2 Å². The maximum atomic E-state index is 13.1. The molecule has 0 aliphatic rings. The molecule has 3 N–H and O–H groups in total. The number of hydrogen-bond donors (Lipinski definition) is 3. The number of phosphoric acid groups is 2. The zero-order valence-corrected chi connectivity index (χ0v) is 64.4. The first kappa shape index (κ1) is 95.5. The van der Waals surface area contributed by atoms with Crippen LogP contribution in [0.2, 0.25) is 0 Å². The van der Waals surface area contributed by atoms with Crippen LogP contribution in [0, 0.1) is 0 Å². The van der Waals surface area contributed by atoms with Crippen molar-refractivity contribution in [2.24, 2.45) is 0 Å². The Hall–Kier alpha value is -4.54. The number of unbranched alkanes of at least 4 members (excludes halogenated alkanes) is 26. The highest BCUT2D eigenvalue weighted by molar-refractivity contribution is 7.47. The van der Waals surface area contributed by atoms with Gasteiger partial charge in [-0.1, -0.05) is 258 Å². The van der Waals surface area contributed by atoms with E-state index in [-0.39, 0.29) is 25.7 Å². The maximum absolute atomic E-state index is 13.1. The summed E-state index contributed by atoms with van der Waals surface area (Å²) in [6, 6.07) is 0. The van der Waals surface area contributed by atoms with E-state index in [2.05, 4.69) is 149 Å². The predicted octanol–water partition coefficient (Wildman–Crippen LogP) is 22.3. The molecule has 0 radical (unpaired) electrons. The van der Waals surface area contributed by atoms with Crippen molar-refractivity contribution in [3.63, 3.8) is 0 Å². The summed E-state index contributed by atoms with van der Waals surface area (Å²) < 4.78 is 68.5. The topological polar surface area (TPSA) is 237 Å². The molecule has 0 aromatic rings. The van der Waals surface area contributed by atoms with Gasteiger partial charge >= 0.3 is 39.5 Å². The van der Waals surface area contributed by atoms with Crippen LogP contribution in [0.4, 0.5) is 0 Å². The van der Waals surface area contributed by atoms with Crippen molar-refractivity contribution in [3.8, 4) is 0 Å². The van der Waals surface area contributed by atoms with Gasteiger partial charge in [0.2, 0.25) is 0 Å². The summed E-state index contributed by atoms with van der Waals surface area (Å²) >= 11 is 0. The molecule has 0 aliphatic heterocycles. The van der Waals surface area contributed by atoms with Crippen molar-refractivity contribution in [2.45, 2.75) is 329 Å². The second-order valence-corrected chi connectivity index (χ2v) is 28.5. The van der Waals surface area contributed by atoms with Crippen LogP contribution in [0.5, 0.6) is 0 Å². The van der Waals surface area contributed by atoms with Gasteiger partial charge in [0.25, 0.3) is 0 Å². The molecule has 0 spiro atoms. The maximum Gasteiger partial charge on any atom is 0.472 e. The van der Waals surface area contributed by atoms with Gasteiger partial charge in [-0.3, -0.25) is 37.3 Å². The van der Waals surface area contributed by atoms with Crippen molar-refractivity contribution in [1.29, 1.82) is 0 Å². The summed E-state index contributed by atoms with van der Waals surface area (Å²) in [5.74, 6) is -2.25. The van der Waals surface area contributed by atoms with Crippen LogP contribution in [-0.4, -0.2) is 96.7 Å². The molecule has 0 aromatic heterocycles. The third-order valence-electron chi connectivity index (χ3n) is 15.8. The Morgan fingerprint density at radius 1 is 0.290 bits per heavy atom. The molecule has 0 aliphatic carbocycles. The number of hydrogen-bond acceptors (Lipinski definition) is 15. The second kappa shape index (κ2) is 72.8. The van der Waals surface area contributed by atoms with E-state index in [9.17, 15) is 43.2 Å². The fourth-order valence-corrected chi connectivity index (χ4v) is 11.5. The molecule has 0 fully saturated rings. The molecule has 5 atom stereocenters. The van der Waals surface area contributed by atoms with Gasteiger partial charge in [0.1, 0.15) is 19.3 Å². The fraction of sp³-hybridized carbons (Fsp3) is 0.704. The Labute approximate surface area is 606 Å². The molecule has 5 unspecified atom stereocenters. The number of rotatable bonds is 72. The number of carbonyl (C=O) groups excluding carboxylic acids is 4. The third kappa shape index (κ3) is 71.8. The van der Waals surface area contributed by atoms with Crippen molar-refractivity contribution in [3.05, 3.63) is 122 Å². The Morgan fingerprint density at radius 2 is 0.540 bits per heavy atom. The smallest absolute Gasteiger partial charge is 0.462 e. The number of phosphoric ester groups is 2. The molecule has 19 heteroatoms. The Kier molecular flexibility index (Phi) is 69.5. The van der Waals surface area contributed by atoms with Crippen molar-refractivity contribution < 1.29 is 80.2 Å². The van der Waals surface area contributed by atoms with E-state index in [4.69, 9.17) is 37.0 Å². The van der Waals surface area contributed by atoms with Crippen LogP contribution < -0.4 is 0 Å². The summed E-state index contributed by atoms with van der Waals surface area (Å²) in [5.41, 5.74) is 0. The molecule has 17 nitrogen and oxygen atoms in total. The quantitative estimate of drug-likeness (QED) is 0.0169. The van der Waals surface area contributed by atoms with Crippen molar-refractivity contribution in [1.82, 2.24) is 0 Å². The third-order valence-corrected chi connectivity index (χ3v) is 17.7. The van der Waals surface area contributed by atoms with E-state index < -0.39 is 97.5 Å². The fourth-order valence-electron chi connectivity index (χ4n) is 9.96. The molecule has 0 saturated carbocycles. The zero-order chi connectivity index (χ0) is 73.2. The molecular weight excluding hydrogens is 1310 g/mol. The standard InChI is InChI=1S/C81H138O17P2/c1-5-9-13-17-21-25-29-33-35-36-37-38-40-43-46-50-54-58-62-66-79(84)92-72-77(98-81(86)68-64-60-56-52-48-44-39-34-30-26-22-18-14-10-6-2)74-96-100(89,90)94-70-75(82)69-93-99(87,88)95-73-76(97-80(85)67-63-59-55-51-47-42-32-28-24-20-16-12-8-4)71-91-78(83)65-61-57-53-49-45-41-31-27-23-19-15-11-7-3/h9,13,15-16,19-21,25,27-28,31-35,37-39,43,46,75-77,82H,5-8,10-12,14,17-18,22-24,26,29-30,36,40-42,44-45,47-74H2,1-4H3,(H,87,88)(H,89,90)/b13-9-,19-15-,20-16-,25-21-,31-27-,32-28-,35-33-,38-37-,39-34-,46-43-. The van der Waals surface area contributed by atoms with Gasteiger partial charge in [-0.25, -0.2) is 9.13 Å². The molecule has 100 heavy (non-hydrogen) atoms. The Morgan fingerprint density at radius 3 is 0.860 bits per heavy atom. The van der Waals surface area contributed by atoms with E-state index >= 15 is 0 Å². The first-order chi connectivity index (χ1) is 48.7. The van der Waals surface area contributed by atoms with Gasteiger partial charge in [0, 0.05) is 25.7 Å². The SMILES string of the molecule is CC/C=C\C/C=C\C/C=C\C/C=C\C/C=C\CCCCCC(=O)OCC(COP(=O)(O)OCC(O)COP(=O)(O)OCC(COC(=O)CCCCCCC/C=C\C/C=C\CCC)OC(=O)CCCCCCC/C=C\C/C=C\CCC)OC(=O)CCCCCCC/C=C\CCCCCCCC. The number of carbonyl (C=O) groups is 4. The Bertz CT molecular complexity index is 2370. The average molecular weight is 1450 g/mol. The monoisotopic (exact) mass is 1440 g/mol. The molecular formula is C81H138O17P2. The van der Waals surface area contributed by atoms with Gasteiger partial charge in [0.05, 0.1) is 26.4 Å². The number of aliphatic hydroxyl groups is 1. The van der Waals surface area contributed by atoms with Crippen LogP contribution in [0.1, 0.15) is 310 Å². The summed E-state index contributed by atoms with van der Waals surface area (Å²) in [6.07, 6.45) is 79.0. The van der Waals surface area contributed by atoms with E-state index in [0.717, 1.165) is 193 Å². The van der Waals surface area contributed by atoms with Crippen molar-refractivity contribution >= 4 is 39.5 Å². The lowest BCUT2D eigenvalue weighted by molar-refractivity contribution is -0.161. The predicted molar refractivity (Wildman–Crippen MR) is 408 cm³/mol. The summed E-state index contributed by atoms with van der Waals surface area (Å²) in [5, 5.41) is 10.6. The number of allylic oxidation sites excluding steroid dienone is 20. The van der Waals surface area contributed by atoms with Crippen LogP contribution in [-0.2, 0) is 65.4 Å². The summed E-state index contributed by atoms with van der Waals surface area (Å²) in [7, 11) is -9.97. The van der Waals surface area contributed by atoms with Gasteiger partial charge in [-0.2, -0.15) is 0 Å². The summed E-state index contributed by atoms with van der Waals surface area (Å²) in [4.78, 5) is 72.9. The lowest BCUT2D eigenvalue weighted by Gasteiger charge is -2.21. The largest absolute Gasteiger partial charge is 0.472 e. The van der Waals surface area contributed by atoms with Crippen LogP contribution >= 0.6 is 15.6 Å². The van der Waals surface area contributed by atoms with Crippen LogP contribution in [0.25, 0.3) is 0 Å². The van der Waals surface area contributed by atoms with Crippen LogP contribution in [0.3, 0.4) is 0 Å². The van der Waals surface area contributed by atoms with Gasteiger partial charge in [-0.05, 0) is 148 Å². The second-order valence-electron chi connectivity index (χ2n) is 25.6. The highest BCUT2D eigenvalue weighted by atomic mass is 31.2. The highest BCUT2D eigenvalue weighted by Gasteiger charge is 2.30. The lowest BCUT2D eigenvalue weighted by atomic mass is 10.1. The van der Waals surface area contributed by atoms with E-state index in [1.54, 1.807) is 0 Å². The number of aliphatic hydroxyl groups excluding tert-OH is 1. The molecule has 0 rings (SSSR count). The zero-order valence-electron chi connectivity index (χ0n) is 62.6. The average Bonchev–Trinajstić information content (AvgIpc) is 0.946. The van der Waals surface area contributed by atoms with Gasteiger partial charge < -0.3 is 33.8 Å². The van der Waals surface area contributed by atoms with E-state index in [1.807, 2.05) is 0 Å². The van der Waals surface area contributed by atoms with Crippen LogP contribution in [0.15, 0.2) is 122 Å². The highest BCUT2D eigenvalue weighted by Crippen LogP contribution is 2.45. The minimum atomic E-state index is -4.99. The number of ether oxygens (including phenoxy) is 4. The van der Waals surface area contributed by atoms with Gasteiger partial charge in [-0.15, -0.1) is 0 Å². The number of esters is 4. The molecule has 0 bridgehead atoms. The van der Waals surface area contributed by atoms with Crippen molar-refractivity contribution in [2.75, 3.05) is 39.6 Å². The Balaban J connectivity index is 5.39. The molecule has 574 valence electrons. The molecule has 0 aromatic carbocycles. The normalized spacial score (nSPS) is 14.6. The lowest BCUT2D eigenvalue weighted by Crippen LogP contribution is -2.30. The molecule has 0 amide bonds. The molecule has 0 saturated heterocycles. The first-order valence-corrected chi connectivity index (χ1v) is 41.8. The van der Waals surface area contributed by atoms with E-state index in [1.165, 1.54) is 38.5 Å².